The van der Waals surface area contributed by atoms with E-state index in [9.17, 15) is 5.26 Å². The summed E-state index contributed by atoms with van der Waals surface area (Å²) in [4.78, 5) is 0. The van der Waals surface area contributed by atoms with Crippen molar-refractivity contribution in [2.75, 3.05) is 6.54 Å². The maximum Gasteiger partial charge on any atom is 0.109 e. The second-order valence-electron chi connectivity index (χ2n) is 6.04. The third kappa shape index (κ3) is 3.04. The zero-order valence-corrected chi connectivity index (χ0v) is 12.9. The lowest BCUT2D eigenvalue weighted by atomic mass is 9.85. The maximum absolute atomic E-state index is 9.63. The highest BCUT2D eigenvalue weighted by atomic mass is 15.3. The van der Waals surface area contributed by atoms with Crippen LogP contribution in [0.25, 0.3) is 0 Å². The molecular weight excluding hydrogens is 248 g/mol. The van der Waals surface area contributed by atoms with Crippen LogP contribution < -0.4 is 5.32 Å². The van der Waals surface area contributed by atoms with Crippen LogP contribution in [-0.2, 0) is 6.54 Å². The van der Waals surface area contributed by atoms with Crippen molar-refractivity contribution in [1.82, 2.24) is 15.1 Å². The van der Waals surface area contributed by atoms with Gasteiger partial charge in [0.25, 0.3) is 0 Å². The van der Waals surface area contributed by atoms with Crippen molar-refractivity contribution in [1.29, 1.82) is 5.26 Å². The standard InChI is InChI=1S/C16H26N4/c1-4-9-18-16(12-17)8-5-6-15(16)7-10-20-14(3)11-13(2)19-20/h11,15,18H,4-10H2,1-3H3. The monoisotopic (exact) mass is 274 g/mol. The smallest absolute Gasteiger partial charge is 0.109 e. The molecule has 1 aromatic rings. The summed E-state index contributed by atoms with van der Waals surface area (Å²) in [5, 5.41) is 17.7. The van der Waals surface area contributed by atoms with Gasteiger partial charge in [-0.2, -0.15) is 10.4 Å². The average Bonchev–Trinajstić information content (AvgIpc) is 2.98. The highest BCUT2D eigenvalue weighted by Gasteiger charge is 2.42. The number of hydrogen-bond donors (Lipinski definition) is 1. The summed E-state index contributed by atoms with van der Waals surface area (Å²) in [7, 11) is 0. The van der Waals surface area contributed by atoms with Gasteiger partial charge in [0.1, 0.15) is 5.54 Å². The Bertz CT molecular complexity index is 485. The van der Waals surface area contributed by atoms with Gasteiger partial charge < -0.3 is 0 Å². The Balaban J connectivity index is 2.00. The van der Waals surface area contributed by atoms with Gasteiger partial charge in [0.05, 0.1) is 11.8 Å². The zero-order chi connectivity index (χ0) is 14.6. The fourth-order valence-electron chi connectivity index (χ4n) is 3.42. The first-order chi connectivity index (χ1) is 9.61. The molecule has 0 amide bonds. The number of nitriles is 1. The molecule has 2 atom stereocenters. The average molecular weight is 274 g/mol. The van der Waals surface area contributed by atoms with Crippen molar-refractivity contribution in [2.24, 2.45) is 5.92 Å². The normalized spacial score (nSPS) is 25.8. The summed E-state index contributed by atoms with van der Waals surface area (Å²) >= 11 is 0. The molecule has 0 radical (unpaired) electrons. The van der Waals surface area contributed by atoms with Crippen LogP contribution in [0.5, 0.6) is 0 Å². The van der Waals surface area contributed by atoms with E-state index in [1.807, 2.05) is 6.92 Å². The molecule has 1 saturated carbocycles. The summed E-state index contributed by atoms with van der Waals surface area (Å²) in [6, 6.07) is 4.69. The minimum Gasteiger partial charge on any atom is -0.299 e. The topological polar surface area (TPSA) is 53.6 Å². The molecule has 0 saturated heterocycles. The Morgan fingerprint density at radius 1 is 1.55 bits per heavy atom. The van der Waals surface area contributed by atoms with Gasteiger partial charge in [-0.05, 0) is 58.1 Å². The highest BCUT2D eigenvalue weighted by Crippen LogP contribution is 2.37. The van der Waals surface area contributed by atoms with Crippen molar-refractivity contribution >= 4 is 0 Å². The third-order valence-corrected chi connectivity index (χ3v) is 4.50. The second-order valence-corrected chi connectivity index (χ2v) is 6.04. The van der Waals surface area contributed by atoms with Crippen LogP contribution in [0.2, 0.25) is 0 Å². The Kier molecular flexibility index (Phi) is 4.82. The SMILES string of the molecule is CCCNC1(C#N)CCCC1CCn1nc(C)cc1C. The highest BCUT2D eigenvalue weighted by molar-refractivity contribution is 5.14. The van der Waals surface area contributed by atoms with Gasteiger partial charge in [0, 0.05) is 12.2 Å². The van der Waals surface area contributed by atoms with E-state index in [1.165, 1.54) is 5.69 Å². The van der Waals surface area contributed by atoms with E-state index in [2.05, 4.69) is 41.1 Å². The van der Waals surface area contributed by atoms with Crippen LogP contribution >= 0.6 is 0 Å². The number of aromatic nitrogens is 2. The molecule has 110 valence electrons. The van der Waals surface area contributed by atoms with E-state index in [-0.39, 0.29) is 5.54 Å². The van der Waals surface area contributed by atoms with E-state index in [1.54, 1.807) is 0 Å². The fraction of sp³-hybridized carbons (Fsp3) is 0.750. The lowest BCUT2D eigenvalue weighted by molar-refractivity contribution is 0.286. The van der Waals surface area contributed by atoms with Crippen LogP contribution in [0.4, 0.5) is 0 Å². The maximum atomic E-state index is 9.63. The van der Waals surface area contributed by atoms with Crippen molar-refractivity contribution in [3.05, 3.63) is 17.5 Å². The van der Waals surface area contributed by atoms with E-state index in [0.29, 0.717) is 5.92 Å². The molecule has 1 N–H and O–H groups in total. The second kappa shape index (κ2) is 6.41. The van der Waals surface area contributed by atoms with Crippen molar-refractivity contribution in [3.63, 3.8) is 0 Å². The van der Waals surface area contributed by atoms with E-state index in [0.717, 1.165) is 50.9 Å². The first kappa shape index (κ1) is 15.1. The fourth-order valence-corrected chi connectivity index (χ4v) is 3.42. The predicted octanol–water partition coefficient (Wildman–Crippen LogP) is 2.95. The third-order valence-electron chi connectivity index (χ3n) is 4.50. The first-order valence-electron chi connectivity index (χ1n) is 7.78. The predicted molar refractivity (Wildman–Crippen MR) is 80.3 cm³/mol. The lowest BCUT2D eigenvalue weighted by Crippen LogP contribution is -2.47. The van der Waals surface area contributed by atoms with Crippen LogP contribution in [0.15, 0.2) is 6.07 Å². The molecule has 1 fully saturated rings. The van der Waals surface area contributed by atoms with Crippen LogP contribution in [0, 0.1) is 31.1 Å². The number of nitrogens with one attached hydrogen (secondary N) is 1. The summed E-state index contributed by atoms with van der Waals surface area (Å²) in [6.45, 7) is 8.13. The van der Waals surface area contributed by atoms with E-state index >= 15 is 0 Å². The molecular formula is C16H26N4. The van der Waals surface area contributed by atoms with Crippen LogP contribution in [0.3, 0.4) is 0 Å². The Hall–Kier alpha value is -1.34. The summed E-state index contributed by atoms with van der Waals surface area (Å²) in [5.41, 5.74) is 1.99. The van der Waals surface area contributed by atoms with Gasteiger partial charge in [0.15, 0.2) is 0 Å². The summed E-state index contributed by atoms with van der Waals surface area (Å²) in [5.74, 6) is 0.447. The molecule has 4 heteroatoms. The Morgan fingerprint density at radius 2 is 2.35 bits per heavy atom. The molecule has 1 heterocycles. The Morgan fingerprint density at radius 3 is 2.95 bits per heavy atom. The molecule has 0 aromatic carbocycles. The van der Waals surface area contributed by atoms with Gasteiger partial charge in [0.2, 0.25) is 0 Å². The minimum absolute atomic E-state index is 0.299. The molecule has 2 rings (SSSR count). The number of hydrogen-bond acceptors (Lipinski definition) is 3. The van der Waals surface area contributed by atoms with Gasteiger partial charge in [-0.25, -0.2) is 0 Å². The Labute approximate surface area is 122 Å². The molecule has 20 heavy (non-hydrogen) atoms. The molecule has 0 aliphatic heterocycles. The summed E-state index contributed by atoms with van der Waals surface area (Å²) in [6.07, 6.45) is 5.42. The van der Waals surface area contributed by atoms with Crippen molar-refractivity contribution in [2.45, 2.75) is 65.0 Å². The van der Waals surface area contributed by atoms with Crippen LogP contribution in [-0.4, -0.2) is 21.9 Å². The van der Waals surface area contributed by atoms with Crippen molar-refractivity contribution in [3.8, 4) is 6.07 Å². The molecule has 2 unspecified atom stereocenters. The number of nitrogens with zero attached hydrogens (tertiary/aromatic N) is 3. The molecule has 0 bridgehead atoms. The van der Waals surface area contributed by atoms with Gasteiger partial charge in [-0.15, -0.1) is 0 Å². The first-order valence-corrected chi connectivity index (χ1v) is 7.78. The van der Waals surface area contributed by atoms with Crippen LogP contribution in [0.1, 0.15) is 50.4 Å². The zero-order valence-electron chi connectivity index (χ0n) is 12.9. The van der Waals surface area contributed by atoms with Gasteiger partial charge >= 0.3 is 0 Å². The quantitative estimate of drug-likeness (QED) is 0.867. The summed E-state index contributed by atoms with van der Waals surface area (Å²) < 4.78 is 2.08. The molecule has 1 aliphatic rings. The molecule has 4 nitrogen and oxygen atoms in total. The minimum atomic E-state index is -0.299. The lowest BCUT2D eigenvalue weighted by Gasteiger charge is -2.30. The molecule has 0 spiro atoms. The number of aryl methyl sites for hydroxylation is 3. The largest absolute Gasteiger partial charge is 0.299 e. The van der Waals surface area contributed by atoms with Gasteiger partial charge in [-0.3, -0.25) is 10.00 Å². The number of rotatable bonds is 6. The van der Waals surface area contributed by atoms with E-state index < -0.39 is 0 Å². The van der Waals surface area contributed by atoms with Crippen molar-refractivity contribution < 1.29 is 0 Å². The van der Waals surface area contributed by atoms with Gasteiger partial charge in [-0.1, -0.05) is 13.3 Å². The molecule has 1 aliphatic carbocycles. The molecule has 1 aromatic heterocycles. The van der Waals surface area contributed by atoms with E-state index in [4.69, 9.17) is 0 Å².